The molecular weight excluding hydrogens is 374 g/mol. The van der Waals surface area contributed by atoms with Gasteiger partial charge in [-0.1, -0.05) is 46.3 Å². The summed E-state index contributed by atoms with van der Waals surface area (Å²) in [5, 5.41) is 0. The fourth-order valence-electron chi connectivity index (χ4n) is 2.65. The van der Waals surface area contributed by atoms with Gasteiger partial charge in [0.05, 0.1) is 10.6 Å². The van der Waals surface area contributed by atoms with Gasteiger partial charge in [-0.3, -0.25) is 4.90 Å². The van der Waals surface area contributed by atoms with Crippen LogP contribution >= 0.6 is 15.9 Å². The number of benzene rings is 2. The van der Waals surface area contributed by atoms with Gasteiger partial charge in [-0.15, -0.1) is 0 Å². The van der Waals surface area contributed by atoms with E-state index in [1.54, 1.807) is 24.3 Å². The molecule has 122 valence electrons. The smallest absolute Gasteiger partial charge is 0.179 e. The molecule has 0 bridgehead atoms. The SMILES string of the molecule is O=S(=O)(CCN(Cc1ccccc1)C1CC1)c1ccc(Br)cc1. The number of rotatable bonds is 7. The van der Waals surface area contributed by atoms with Crippen LogP contribution in [0.3, 0.4) is 0 Å². The maximum absolute atomic E-state index is 12.5. The summed E-state index contributed by atoms with van der Waals surface area (Å²) in [6, 6.07) is 17.7. The predicted octanol–water partition coefficient (Wildman–Crippen LogP) is 3.89. The van der Waals surface area contributed by atoms with Crippen LogP contribution in [0.5, 0.6) is 0 Å². The Morgan fingerprint density at radius 3 is 2.26 bits per heavy atom. The van der Waals surface area contributed by atoms with Crippen LogP contribution in [0.4, 0.5) is 0 Å². The Balaban J connectivity index is 1.65. The zero-order chi connectivity index (χ0) is 16.3. The lowest BCUT2D eigenvalue weighted by Crippen LogP contribution is -2.31. The minimum atomic E-state index is -3.23. The van der Waals surface area contributed by atoms with E-state index in [1.165, 1.54) is 18.4 Å². The molecule has 0 amide bonds. The molecule has 0 aromatic heterocycles. The van der Waals surface area contributed by atoms with Crippen molar-refractivity contribution in [1.29, 1.82) is 0 Å². The lowest BCUT2D eigenvalue weighted by Gasteiger charge is -2.22. The van der Waals surface area contributed by atoms with E-state index in [1.807, 2.05) is 18.2 Å². The predicted molar refractivity (Wildman–Crippen MR) is 96.1 cm³/mol. The molecule has 0 heterocycles. The van der Waals surface area contributed by atoms with E-state index in [2.05, 4.69) is 33.0 Å². The monoisotopic (exact) mass is 393 g/mol. The van der Waals surface area contributed by atoms with Gasteiger partial charge in [-0.05, 0) is 42.7 Å². The van der Waals surface area contributed by atoms with E-state index in [4.69, 9.17) is 0 Å². The van der Waals surface area contributed by atoms with Crippen LogP contribution < -0.4 is 0 Å². The fraction of sp³-hybridized carbons (Fsp3) is 0.333. The van der Waals surface area contributed by atoms with Gasteiger partial charge in [0.1, 0.15) is 0 Å². The first-order valence-electron chi connectivity index (χ1n) is 7.81. The largest absolute Gasteiger partial charge is 0.295 e. The standard InChI is InChI=1S/C18H20BrNO2S/c19-16-6-10-18(11-7-16)23(21,22)13-12-20(17-8-9-17)14-15-4-2-1-3-5-15/h1-7,10-11,17H,8-9,12-14H2. The molecule has 3 rings (SSSR count). The lowest BCUT2D eigenvalue weighted by atomic mass is 10.2. The van der Waals surface area contributed by atoms with E-state index >= 15 is 0 Å². The molecule has 0 aliphatic heterocycles. The highest BCUT2D eigenvalue weighted by Gasteiger charge is 2.30. The molecule has 0 saturated heterocycles. The van der Waals surface area contributed by atoms with Gasteiger partial charge in [0.25, 0.3) is 0 Å². The lowest BCUT2D eigenvalue weighted by molar-refractivity contribution is 0.270. The molecule has 1 saturated carbocycles. The summed E-state index contributed by atoms with van der Waals surface area (Å²) in [7, 11) is -3.23. The van der Waals surface area contributed by atoms with Crippen molar-refractivity contribution in [3.8, 4) is 0 Å². The molecule has 0 unspecified atom stereocenters. The Kier molecular flexibility index (Phi) is 5.19. The molecule has 1 fully saturated rings. The van der Waals surface area contributed by atoms with E-state index in [0.717, 1.165) is 11.0 Å². The summed E-state index contributed by atoms with van der Waals surface area (Å²) in [4.78, 5) is 2.70. The molecule has 0 spiro atoms. The van der Waals surface area contributed by atoms with Crippen LogP contribution in [0.25, 0.3) is 0 Å². The molecule has 5 heteroatoms. The van der Waals surface area contributed by atoms with Crippen molar-refractivity contribution in [2.75, 3.05) is 12.3 Å². The quantitative estimate of drug-likeness (QED) is 0.715. The van der Waals surface area contributed by atoms with Crippen LogP contribution in [0.15, 0.2) is 64.0 Å². The van der Waals surface area contributed by atoms with Crippen LogP contribution in [-0.4, -0.2) is 31.7 Å². The van der Waals surface area contributed by atoms with Crippen molar-refractivity contribution in [3.63, 3.8) is 0 Å². The van der Waals surface area contributed by atoms with Crippen LogP contribution in [0.2, 0.25) is 0 Å². The molecular formula is C18H20BrNO2S. The zero-order valence-corrected chi connectivity index (χ0v) is 15.3. The fourth-order valence-corrected chi connectivity index (χ4v) is 4.17. The Labute approximate surface area is 146 Å². The van der Waals surface area contributed by atoms with Crippen molar-refractivity contribution in [3.05, 3.63) is 64.6 Å². The van der Waals surface area contributed by atoms with Gasteiger partial charge >= 0.3 is 0 Å². The third-order valence-corrected chi connectivity index (χ3v) is 6.35. The number of halogens is 1. The Bertz CT molecular complexity index is 740. The molecule has 2 aromatic carbocycles. The summed E-state index contributed by atoms with van der Waals surface area (Å²) in [6.45, 7) is 1.40. The van der Waals surface area contributed by atoms with E-state index < -0.39 is 9.84 Å². The minimum Gasteiger partial charge on any atom is -0.295 e. The molecule has 0 radical (unpaired) electrons. The van der Waals surface area contributed by atoms with Crippen LogP contribution in [-0.2, 0) is 16.4 Å². The molecule has 0 N–H and O–H groups in total. The van der Waals surface area contributed by atoms with Crippen LogP contribution in [0, 0.1) is 0 Å². The van der Waals surface area contributed by atoms with E-state index in [-0.39, 0.29) is 5.75 Å². The normalized spacial score (nSPS) is 15.0. The van der Waals surface area contributed by atoms with Crippen molar-refractivity contribution in [2.45, 2.75) is 30.3 Å². The van der Waals surface area contributed by atoms with Gasteiger partial charge in [0.2, 0.25) is 0 Å². The van der Waals surface area contributed by atoms with Gasteiger partial charge in [0.15, 0.2) is 9.84 Å². The van der Waals surface area contributed by atoms with Gasteiger partial charge < -0.3 is 0 Å². The number of hydrogen-bond acceptors (Lipinski definition) is 3. The summed E-state index contributed by atoms with van der Waals surface area (Å²) < 4.78 is 25.9. The van der Waals surface area contributed by atoms with Crippen molar-refractivity contribution in [2.24, 2.45) is 0 Å². The number of hydrogen-bond donors (Lipinski definition) is 0. The molecule has 2 aromatic rings. The second-order valence-electron chi connectivity index (χ2n) is 5.96. The topological polar surface area (TPSA) is 37.4 Å². The third-order valence-electron chi connectivity index (χ3n) is 4.11. The molecule has 0 atom stereocenters. The van der Waals surface area contributed by atoms with E-state index in [0.29, 0.717) is 17.5 Å². The van der Waals surface area contributed by atoms with Crippen molar-refractivity contribution < 1.29 is 8.42 Å². The van der Waals surface area contributed by atoms with Crippen LogP contribution in [0.1, 0.15) is 18.4 Å². The second kappa shape index (κ2) is 7.16. The first kappa shape index (κ1) is 16.7. The highest BCUT2D eigenvalue weighted by Crippen LogP contribution is 2.28. The average molecular weight is 394 g/mol. The second-order valence-corrected chi connectivity index (χ2v) is 8.98. The zero-order valence-electron chi connectivity index (χ0n) is 12.9. The highest BCUT2D eigenvalue weighted by molar-refractivity contribution is 9.10. The Morgan fingerprint density at radius 2 is 1.65 bits per heavy atom. The summed E-state index contributed by atoms with van der Waals surface area (Å²) in [5.74, 6) is 0.165. The first-order chi connectivity index (χ1) is 11.0. The molecule has 23 heavy (non-hydrogen) atoms. The maximum Gasteiger partial charge on any atom is 0.179 e. The highest BCUT2D eigenvalue weighted by atomic mass is 79.9. The minimum absolute atomic E-state index is 0.165. The van der Waals surface area contributed by atoms with Gasteiger partial charge in [-0.25, -0.2) is 8.42 Å². The average Bonchev–Trinajstić information content (AvgIpc) is 3.38. The van der Waals surface area contributed by atoms with E-state index in [9.17, 15) is 8.42 Å². The summed E-state index contributed by atoms with van der Waals surface area (Å²) >= 11 is 3.34. The summed E-state index contributed by atoms with van der Waals surface area (Å²) in [6.07, 6.45) is 2.34. The maximum atomic E-state index is 12.5. The molecule has 1 aliphatic rings. The van der Waals surface area contributed by atoms with Gasteiger partial charge in [-0.2, -0.15) is 0 Å². The van der Waals surface area contributed by atoms with Gasteiger partial charge in [0, 0.05) is 23.6 Å². The third kappa shape index (κ3) is 4.66. The molecule has 3 nitrogen and oxygen atoms in total. The summed E-state index contributed by atoms with van der Waals surface area (Å²) in [5.41, 5.74) is 1.24. The first-order valence-corrected chi connectivity index (χ1v) is 10.3. The number of nitrogens with zero attached hydrogens (tertiary/aromatic N) is 1. The molecule has 1 aliphatic carbocycles. The number of sulfone groups is 1. The Hall–Kier alpha value is -1.17. The van der Waals surface area contributed by atoms with Crippen molar-refractivity contribution >= 4 is 25.8 Å². The van der Waals surface area contributed by atoms with Crippen molar-refractivity contribution in [1.82, 2.24) is 4.90 Å². The Morgan fingerprint density at radius 1 is 1.00 bits per heavy atom.